The molecule has 98 valence electrons. The molecule has 0 aliphatic carbocycles. The zero-order valence-electron chi connectivity index (χ0n) is 7.89. The first kappa shape index (κ1) is 19.0. The number of carbonyl (C=O) groups excluding carboxylic acids is 2. The van der Waals surface area contributed by atoms with Crippen molar-refractivity contribution in [2.24, 2.45) is 0 Å². The Morgan fingerprint density at radius 2 is 1.18 bits per heavy atom. The van der Waals surface area contributed by atoms with E-state index in [1.54, 1.807) is 0 Å². The third kappa shape index (κ3) is 7.56. The van der Waals surface area contributed by atoms with E-state index in [0.717, 1.165) is 0 Å². The number of hydrogen-bond acceptors (Lipinski definition) is 10. The van der Waals surface area contributed by atoms with E-state index in [0.29, 0.717) is 0 Å². The predicted octanol–water partition coefficient (Wildman–Crippen LogP) is -3.50. The van der Waals surface area contributed by atoms with E-state index in [4.69, 9.17) is 17.2 Å². The summed E-state index contributed by atoms with van der Waals surface area (Å²) in [4.78, 5) is 21.5. The summed E-state index contributed by atoms with van der Waals surface area (Å²) in [6.07, 6.45) is -4.78. The van der Waals surface area contributed by atoms with Crippen molar-refractivity contribution in [2.75, 3.05) is 0 Å². The summed E-state index contributed by atoms with van der Waals surface area (Å²) in [7, 11) is 0. The van der Waals surface area contributed by atoms with Gasteiger partial charge in [-0.25, -0.2) is 0 Å². The van der Waals surface area contributed by atoms with Crippen LogP contribution in [0.2, 0.25) is 0 Å². The fourth-order valence-corrected chi connectivity index (χ4v) is 2.08. The van der Waals surface area contributed by atoms with Crippen molar-refractivity contribution >= 4 is 52.8 Å². The Labute approximate surface area is 109 Å². The monoisotopic (exact) mass is 470 g/mol. The van der Waals surface area contributed by atoms with Gasteiger partial charge in [-0.3, -0.25) is 0 Å². The molecule has 0 fully saturated rings. The van der Waals surface area contributed by atoms with Crippen LogP contribution in [-0.2, 0) is 21.7 Å². The molecule has 6 N–H and O–H groups in total. The van der Waals surface area contributed by atoms with E-state index in [9.17, 15) is 15.6 Å². The minimum atomic E-state index is -4.14. The van der Waals surface area contributed by atoms with Gasteiger partial charge in [-0.15, -0.1) is 0 Å². The van der Waals surface area contributed by atoms with E-state index in [1.807, 2.05) is 0 Å². The Morgan fingerprint density at radius 1 is 0.941 bits per heavy atom. The van der Waals surface area contributed by atoms with Gasteiger partial charge in [-0.1, -0.05) is 0 Å². The van der Waals surface area contributed by atoms with Gasteiger partial charge in [-0.2, -0.15) is 0 Å². The second kappa shape index (κ2) is 8.70. The van der Waals surface area contributed by atoms with Crippen molar-refractivity contribution in [3.05, 3.63) is 0 Å². The Balaban J connectivity index is 0. The van der Waals surface area contributed by atoms with Gasteiger partial charge in [-0.05, 0) is 0 Å². The summed E-state index contributed by atoms with van der Waals surface area (Å²) in [5.41, 5.74) is 0. The van der Waals surface area contributed by atoms with Gasteiger partial charge in [0.1, 0.15) is 0 Å². The first-order valence-corrected chi connectivity index (χ1v) is 10.1. The molecular weight excluding hydrogens is 464 g/mol. The molecule has 2 unspecified atom stereocenters. The van der Waals surface area contributed by atoms with Crippen LogP contribution in [-0.4, -0.2) is 80.7 Å². The number of carbonyl (C=O) groups is 2. The fraction of sp³-hybridized carbons (Fsp3) is 0.500. The number of aliphatic hydroxyl groups excluding tert-OH is 2. The summed E-state index contributed by atoms with van der Waals surface area (Å²) < 4.78 is 41.0. The van der Waals surface area contributed by atoms with Crippen molar-refractivity contribution in [1.29, 1.82) is 7.01 Å². The molecule has 0 amide bonds. The number of rotatable bonds is 5. The minimum absolute atomic E-state index is 0. The molecule has 11 nitrogen and oxygen atoms in total. The SMILES string of the molecule is O.[NH]=[Sb](=[O])[O]C(=O)C(O)C(O)C(=O)[O][Sb](=[NH])=[O]. The molecule has 2 atom stereocenters. The normalized spacial score (nSPS) is 12.6. The van der Waals surface area contributed by atoms with Crippen LogP contribution in [0, 0.1) is 7.01 Å². The van der Waals surface area contributed by atoms with Crippen LogP contribution in [0.3, 0.4) is 0 Å². The fourth-order valence-electron chi connectivity index (χ4n) is 0.529. The molecule has 0 bridgehead atoms. The third-order valence-electron chi connectivity index (χ3n) is 1.13. The van der Waals surface area contributed by atoms with Gasteiger partial charge in [0.2, 0.25) is 0 Å². The second-order valence-corrected chi connectivity index (χ2v) is 6.20. The molecular formula is C4H8N2O9Sb2. The third-order valence-corrected chi connectivity index (χ3v) is 3.10. The Kier molecular flexibility index (Phi) is 9.73. The molecule has 0 saturated heterocycles. The summed E-state index contributed by atoms with van der Waals surface area (Å²) >= 11 is -8.27. The van der Waals surface area contributed by atoms with Gasteiger partial charge in [0.05, 0.1) is 0 Å². The van der Waals surface area contributed by atoms with Crippen LogP contribution in [0.4, 0.5) is 0 Å². The van der Waals surface area contributed by atoms with Crippen molar-refractivity contribution < 1.29 is 37.3 Å². The molecule has 0 heterocycles. The standard InChI is InChI=1S/C4H6O6.2HN.H2O.2O.2Sb/c5-1(3(7)8)2(6)4(9)10;;;;;;;/h1-2,5-6H,(H,7,8)(H,9,10);2*1H;1H2;;;;/q;;;;;;2*+1/p-2. The van der Waals surface area contributed by atoms with Gasteiger partial charge in [0, 0.05) is 0 Å². The van der Waals surface area contributed by atoms with Crippen LogP contribution < -0.4 is 0 Å². The van der Waals surface area contributed by atoms with Gasteiger partial charge in [0.15, 0.2) is 0 Å². The van der Waals surface area contributed by atoms with Gasteiger partial charge >= 0.3 is 104 Å². The molecule has 0 aromatic heterocycles. The predicted molar refractivity (Wildman–Crippen MR) is 46.1 cm³/mol. The number of hydrogen-bond donors (Lipinski definition) is 4. The van der Waals surface area contributed by atoms with E-state index >= 15 is 0 Å². The molecule has 13 heteroatoms. The van der Waals surface area contributed by atoms with E-state index < -0.39 is 65.0 Å². The quantitative estimate of drug-likeness (QED) is 0.295. The first-order valence-electron chi connectivity index (χ1n) is 3.42. The van der Waals surface area contributed by atoms with Crippen molar-refractivity contribution in [3.63, 3.8) is 0 Å². The molecule has 0 radical (unpaired) electrons. The zero-order valence-corrected chi connectivity index (χ0v) is 13.0. The average Bonchev–Trinajstić information content (AvgIpc) is 2.13. The summed E-state index contributed by atoms with van der Waals surface area (Å²) in [6, 6.07) is 0. The van der Waals surface area contributed by atoms with Crippen molar-refractivity contribution in [1.82, 2.24) is 0 Å². The zero-order chi connectivity index (χ0) is 12.9. The molecule has 0 spiro atoms. The second-order valence-electron chi connectivity index (χ2n) is 2.22. The van der Waals surface area contributed by atoms with Crippen LogP contribution >= 0.6 is 0 Å². The molecule has 0 saturated carbocycles. The van der Waals surface area contributed by atoms with Crippen LogP contribution in [0.25, 0.3) is 0 Å². The summed E-state index contributed by atoms with van der Waals surface area (Å²) in [5.74, 6) is -3.23. The number of nitrogens with one attached hydrogen (secondary N) is 2. The Bertz CT molecular complexity index is 371. The van der Waals surface area contributed by atoms with Crippen LogP contribution in [0.1, 0.15) is 0 Å². The first-order chi connectivity index (χ1) is 7.25. The Morgan fingerprint density at radius 3 is 1.35 bits per heavy atom. The van der Waals surface area contributed by atoms with Gasteiger partial charge < -0.3 is 5.48 Å². The molecule has 0 aliphatic heterocycles. The maximum atomic E-state index is 10.8. The van der Waals surface area contributed by atoms with E-state index in [1.165, 1.54) is 0 Å². The van der Waals surface area contributed by atoms with Gasteiger partial charge in [0.25, 0.3) is 0 Å². The summed E-state index contributed by atoms with van der Waals surface area (Å²) in [6.45, 7) is 0. The maximum absolute atomic E-state index is 10.8. The topological polar surface area (TPSA) is 206 Å². The van der Waals surface area contributed by atoms with Crippen LogP contribution in [0.15, 0.2) is 0 Å². The van der Waals surface area contributed by atoms with E-state index in [2.05, 4.69) is 6.03 Å². The van der Waals surface area contributed by atoms with Crippen molar-refractivity contribution in [3.8, 4) is 0 Å². The molecule has 17 heavy (non-hydrogen) atoms. The average molecular weight is 472 g/mol. The number of aliphatic hydroxyl groups is 2. The molecule has 0 aromatic carbocycles. The van der Waals surface area contributed by atoms with Crippen molar-refractivity contribution in [2.45, 2.75) is 12.2 Å². The van der Waals surface area contributed by atoms with E-state index in [-0.39, 0.29) is 5.48 Å². The molecule has 0 rings (SSSR count). The Hall–Kier alpha value is -0.344. The van der Waals surface area contributed by atoms with Crippen LogP contribution in [0.5, 0.6) is 0 Å². The molecule has 0 aromatic rings. The molecule has 0 aliphatic rings. The summed E-state index contributed by atoms with van der Waals surface area (Å²) in [5, 5.41) is 17.9.